The van der Waals surface area contributed by atoms with Gasteiger partial charge in [0.2, 0.25) is 0 Å². The second-order valence-electron chi connectivity index (χ2n) is 1.45. The molecule has 0 fully saturated rings. The topological polar surface area (TPSA) is 23.8 Å². The lowest BCUT2D eigenvalue weighted by Gasteiger charge is -1.94. The van der Waals surface area contributed by atoms with Gasteiger partial charge in [-0.2, -0.15) is 5.26 Å². The standard InChI is InChI=1S/C5H7F2N/c6-4-5(7)2-1-3-8/h5H,1-2,4H2. The van der Waals surface area contributed by atoms with Crippen molar-refractivity contribution in [2.75, 3.05) is 6.67 Å². The molecule has 0 bridgehead atoms. The van der Waals surface area contributed by atoms with Gasteiger partial charge in [-0.3, -0.25) is 0 Å². The van der Waals surface area contributed by atoms with Crippen LogP contribution < -0.4 is 0 Å². The quantitative estimate of drug-likeness (QED) is 0.553. The van der Waals surface area contributed by atoms with Crippen LogP contribution in [-0.2, 0) is 0 Å². The monoisotopic (exact) mass is 119 g/mol. The number of hydrogen-bond acceptors (Lipinski definition) is 1. The van der Waals surface area contributed by atoms with E-state index >= 15 is 0 Å². The molecule has 0 saturated carbocycles. The molecule has 1 nitrogen and oxygen atoms in total. The van der Waals surface area contributed by atoms with Crippen molar-refractivity contribution in [2.24, 2.45) is 0 Å². The average molecular weight is 119 g/mol. The summed E-state index contributed by atoms with van der Waals surface area (Å²) in [5.41, 5.74) is 0. The maximum absolute atomic E-state index is 11.8. The molecule has 0 N–H and O–H groups in total. The van der Waals surface area contributed by atoms with Gasteiger partial charge in [0, 0.05) is 6.42 Å². The molecule has 0 saturated heterocycles. The first kappa shape index (κ1) is 7.35. The third kappa shape index (κ3) is 3.54. The first-order chi connectivity index (χ1) is 3.81. The van der Waals surface area contributed by atoms with E-state index in [1.54, 1.807) is 6.07 Å². The first-order valence-corrected chi connectivity index (χ1v) is 2.38. The van der Waals surface area contributed by atoms with Crippen LogP contribution in [-0.4, -0.2) is 12.8 Å². The maximum atomic E-state index is 11.8. The summed E-state index contributed by atoms with van der Waals surface area (Å²) >= 11 is 0. The van der Waals surface area contributed by atoms with Crippen LogP contribution in [0.1, 0.15) is 12.8 Å². The molecule has 8 heavy (non-hydrogen) atoms. The first-order valence-electron chi connectivity index (χ1n) is 2.38. The Hall–Kier alpha value is -0.650. The van der Waals surface area contributed by atoms with Gasteiger partial charge in [0.1, 0.15) is 12.8 Å². The Morgan fingerprint density at radius 3 is 2.62 bits per heavy atom. The van der Waals surface area contributed by atoms with Crippen molar-refractivity contribution in [1.29, 1.82) is 5.26 Å². The maximum Gasteiger partial charge on any atom is 0.129 e. The Morgan fingerprint density at radius 2 is 2.25 bits per heavy atom. The van der Waals surface area contributed by atoms with E-state index in [1.165, 1.54) is 0 Å². The van der Waals surface area contributed by atoms with Crippen molar-refractivity contribution < 1.29 is 8.78 Å². The second-order valence-corrected chi connectivity index (χ2v) is 1.45. The van der Waals surface area contributed by atoms with E-state index in [0.717, 1.165) is 0 Å². The normalized spacial score (nSPS) is 12.6. The van der Waals surface area contributed by atoms with Gasteiger partial charge in [-0.25, -0.2) is 8.78 Å². The largest absolute Gasteiger partial charge is 0.248 e. The fourth-order valence-corrected chi connectivity index (χ4v) is 0.298. The van der Waals surface area contributed by atoms with Crippen LogP contribution >= 0.6 is 0 Å². The van der Waals surface area contributed by atoms with Crippen LogP contribution in [0.5, 0.6) is 0 Å². The molecule has 0 aliphatic rings. The van der Waals surface area contributed by atoms with Gasteiger partial charge >= 0.3 is 0 Å². The minimum atomic E-state index is -1.44. The fraction of sp³-hybridized carbons (Fsp3) is 0.800. The molecule has 0 aromatic rings. The smallest absolute Gasteiger partial charge is 0.129 e. The summed E-state index contributed by atoms with van der Waals surface area (Å²) in [4.78, 5) is 0. The van der Waals surface area contributed by atoms with Crippen molar-refractivity contribution in [3.05, 3.63) is 0 Å². The molecule has 3 heteroatoms. The molecular formula is C5H7F2N. The third-order valence-electron chi connectivity index (χ3n) is 0.737. The Morgan fingerprint density at radius 1 is 1.62 bits per heavy atom. The number of nitriles is 1. The molecule has 0 rings (SSSR count). The minimum Gasteiger partial charge on any atom is -0.248 e. The van der Waals surface area contributed by atoms with Gasteiger partial charge in [-0.1, -0.05) is 0 Å². The van der Waals surface area contributed by atoms with Crippen LogP contribution in [0.2, 0.25) is 0 Å². The molecule has 0 aliphatic carbocycles. The van der Waals surface area contributed by atoms with Crippen molar-refractivity contribution in [1.82, 2.24) is 0 Å². The lowest BCUT2D eigenvalue weighted by molar-refractivity contribution is 0.249. The highest BCUT2D eigenvalue weighted by molar-refractivity contribution is 4.71. The highest BCUT2D eigenvalue weighted by Crippen LogP contribution is 2.00. The van der Waals surface area contributed by atoms with Gasteiger partial charge in [-0.05, 0) is 6.42 Å². The van der Waals surface area contributed by atoms with Crippen LogP contribution in [0, 0.1) is 11.3 Å². The molecule has 0 amide bonds. The summed E-state index contributed by atoms with van der Waals surface area (Å²) in [6.07, 6.45) is -1.31. The van der Waals surface area contributed by atoms with Gasteiger partial charge < -0.3 is 0 Å². The van der Waals surface area contributed by atoms with Gasteiger partial charge in [0.05, 0.1) is 6.07 Å². The average Bonchev–Trinajstić information content (AvgIpc) is 1.83. The molecule has 1 unspecified atom stereocenters. The lowest BCUT2D eigenvalue weighted by atomic mass is 10.2. The van der Waals surface area contributed by atoms with E-state index in [2.05, 4.69) is 0 Å². The zero-order chi connectivity index (χ0) is 6.41. The van der Waals surface area contributed by atoms with Crippen LogP contribution in [0.15, 0.2) is 0 Å². The summed E-state index contributed by atoms with van der Waals surface area (Å²) in [5, 5.41) is 7.87. The summed E-state index contributed by atoms with van der Waals surface area (Å²) in [6.45, 7) is -0.971. The molecule has 0 aromatic carbocycles. The van der Waals surface area contributed by atoms with E-state index in [9.17, 15) is 8.78 Å². The predicted molar refractivity (Wildman–Crippen MR) is 25.7 cm³/mol. The van der Waals surface area contributed by atoms with Crippen molar-refractivity contribution in [3.8, 4) is 6.07 Å². The number of hydrogen-bond donors (Lipinski definition) is 0. The van der Waals surface area contributed by atoms with E-state index in [1.807, 2.05) is 0 Å². The Labute approximate surface area is 46.9 Å². The van der Waals surface area contributed by atoms with Crippen LogP contribution in [0.4, 0.5) is 8.78 Å². The Kier molecular flexibility index (Phi) is 4.14. The van der Waals surface area contributed by atoms with Crippen molar-refractivity contribution in [3.63, 3.8) is 0 Å². The zero-order valence-electron chi connectivity index (χ0n) is 4.40. The van der Waals surface area contributed by atoms with Gasteiger partial charge in [0.25, 0.3) is 0 Å². The number of alkyl halides is 2. The second kappa shape index (κ2) is 4.51. The number of halogens is 2. The summed E-state index contributed by atoms with van der Waals surface area (Å²) in [5.74, 6) is 0. The number of rotatable bonds is 3. The third-order valence-corrected chi connectivity index (χ3v) is 0.737. The molecule has 0 radical (unpaired) electrons. The molecular weight excluding hydrogens is 112 g/mol. The highest BCUT2D eigenvalue weighted by Gasteiger charge is 2.02. The van der Waals surface area contributed by atoms with E-state index in [-0.39, 0.29) is 12.8 Å². The molecule has 0 aromatic heterocycles. The molecule has 0 aliphatic heterocycles. The number of nitrogens with zero attached hydrogens (tertiary/aromatic N) is 1. The van der Waals surface area contributed by atoms with Crippen LogP contribution in [0.25, 0.3) is 0 Å². The lowest BCUT2D eigenvalue weighted by Crippen LogP contribution is -2.00. The van der Waals surface area contributed by atoms with Gasteiger partial charge in [0.15, 0.2) is 0 Å². The molecule has 0 spiro atoms. The van der Waals surface area contributed by atoms with Crippen molar-refractivity contribution in [2.45, 2.75) is 19.0 Å². The Bertz CT molecular complexity index is 86.9. The van der Waals surface area contributed by atoms with E-state index < -0.39 is 12.8 Å². The molecule has 1 atom stereocenters. The van der Waals surface area contributed by atoms with E-state index in [0.29, 0.717) is 0 Å². The molecule has 46 valence electrons. The van der Waals surface area contributed by atoms with Crippen molar-refractivity contribution >= 4 is 0 Å². The fourth-order valence-electron chi connectivity index (χ4n) is 0.298. The summed E-state index contributed by atoms with van der Waals surface area (Å²) in [7, 11) is 0. The van der Waals surface area contributed by atoms with Crippen LogP contribution in [0.3, 0.4) is 0 Å². The molecule has 0 heterocycles. The highest BCUT2D eigenvalue weighted by atomic mass is 19.2. The van der Waals surface area contributed by atoms with E-state index in [4.69, 9.17) is 5.26 Å². The SMILES string of the molecule is N#CCCC(F)CF. The minimum absolute atomic E-state index is 0.0208. The Balaban J connectivity index is 3.01. The van der Waals surface area contributed by atoms with Gasteiger partial charge in [-0.15, -0.1) is 0 Å². The zero-order valence-corrected chi connectivity index (χ0v) is 4.40. The summed E-state index contributed by atoms with van der Waals surface area (Å²) in [6, 6.07) is 1.73. The summed E-state index contributed by atoms with van der Waals surface area (Å²) < 4.78 is 23.0. The predicted octanol–water partition coefficient (Wildman–Crippen LogP) is 1.60.